The van der Waals surface area contributed by atoms with Crippen molar-refractivity contribution in [1.29, 1.82) is 0 Å². The SMILES string of the molecule is C=CCOC12Oc3ccc(OCc4cccc(C)n4)cc3C3C(CCCCO)C(CCCCO)C=C(C(=NOCc4ccccc4)CC1N(C)C(=O)CCC1CCCC1)C32. The number of carbonyl (C=O) groups excluding carboxylic acids is 1. The molecule has 60 heavy (non-hydrogen) atoms. The highest BCUT2D eigenvalue weighted by molar-refractivity contribution is 6.03. The minimum absolute atomic E-state index is 0.0714. The van der Waals surface area contributed by atoms with E-state index in [-0.39, 0.29) is 49.4 Å². The second kappa shape index (κ2) is 20.8. The number of nitrogens with zero attached hydrogens (tertiary/aromatic N) is 3. The number of aliphatic hydroxyl groups excluding tert-OH is 2. The van der Waals surface area contributed by atoms with Crippen molar-refractivity contribution in [3.63, 3.8) is 0 Å². The third kappa shape index (κ3) is 9.98. The lowest BCUT2D eigenvalue weighted by molar-refractivity contribution is -0.255. The van der Waals surface area contributed by atoms with Crippen LogP contribution in [0.25, 0.3) is 0 Å². The van der Waals surface area contributed by atoms with Crippen molar-refractivity contribution in [2.45, 2.75) is 121 Å². The van der Waals surface area contributed by atoms with Crippen molar-refractivity contribution in [2.24, 2.45) is 28.8 Å². The minimum Gasteiger partial charge on any atom is -0.487 e. The van der Waals surface area contributed by atoms with Gasteiger partial charge in [-0.2, -0.15) is 0 Å². The molecule has 4 aliphatic rings. The number of hydrogen-bond acceptors (Lipinski definition) is 9. The normalized spacial score (nSPS) is 25.2. The lowest BCUT2D eigenvalue weighted by Gasteiger charge is -2.59. The van der Waals surface area contributed by atoms with Gasteiger partial charge in [0.1, 0.15) is 30.8 Å². The third-order valence-corrected chi connectivity index (χ3v) is 13.3. The molecule has 3 aliphatic carbocycles. The van der Waals surface area contributed by atoms with Crippen LogP contribution in [0.3, 0.4) is 0 Å². The highest BCUT2D eigenvalue weighted by Crippen LogP contribution is 2.62. The molecule has 10 heteroatoms. The van der Waals surface area contributed by atoms with Crippen LogP contribution >= 0.6 is 0 Å². The van der Waals surface area contributed by atoms with Gasteiger partial charge in [0.25, 0.3) is 0 Å². The van der Waals surface area contributed by atoms with Crippen molar-refractivity contribution < 1.29 is 34.1 Å². The fourth-order valence-corrected chi connectivity index (χ4v) is 10.4. The van der Waals surface area contributed by atoms with Crippen LogP contribution in [0.1, 0.15) is 112 Å². The highest BCUT2D eigenvalue weighted by Gasteiger charge is 2.65. The maximum atomic E-state index is 14.4. The van der Waals surface area contributed by atoms with Gasteiger partial charge in [-0.25, -0.2) is 0 Å². The fourth-order valence-electron chi connectivity index (χ4n) is 10.4. The largest absolute Gasteiger partial charge is 0.487 e. The Morgan fingerprint density at radius 1 is 0.983 bits per heavy atom. The highest BCUT2D eigenvalue weighted by atomic mass is 16.7. The van der Waals surface area contributed by atoms with Crippen LogP contribution in [0.4, 0.5) is 0 Å². The maximum absolute atomic E-state index is 14.4. The molecule has 0 spiro atoms. The number of pyridine rings is 1. The van der Waals surface area contributed by atoms with E-state index in [4.69, 9.17) is 24.2 Å². The van der Waals surface area contributed by atoms with Gasteiger partial charge in [-0.1, -0.05) is 92.2 Å². The Kier molecular flexibility index (Phi) is 15.1. The van der Waals surface area contributed by atoms with Crippen molar-refractivity contribution in [1.82, 2.24) is 9.88 Å². The van der Waals surface area contributed by atoms with Gasteiger partial charge in [0, 0.05) is 50.3 Å². The van der Waals surface area contributed by atoms with Crippen LogP contribution in [0, 0.1) is 30.6 Å². The molecule has 7 rings (SSSR count). The maximum Gasteiger partial charge on any atom is 0.239 e. The van der Waals surface area contributed by atoms with Crippen LogP contribution in [0.15, 0.2) is 96.2 Å². The predicted octanol–water partition coefficient (Wildman–Crippen LogP) is 9.23. The van der Waals surface area contributed by atoms with Gasteiger partial charge >= 0.3 is 0 Å². The van der Waals surface area contributed by atoms with Crippen LogP contribution in [-0.2, 0) is 27.6 Å². The Morgan fingerprint density at radius 2 is 1.77 bits per heavy atom. The van der Waals surface area contributed by atoms with E-state index in [2.05, 4.69) is 23.7 Å². The molecule has 0 saturated heterocycles. The summed E-state index contributed by atoms with van der Waals surface area (Å²) in [5.41, 5.74) is 5.64. The second-order valence-corrected chi connectivity index (χ2v) is 17.3. The first-order valence-electron chi connectivity index (χ1n) is 22.4. The number of carbonyl (C=O) groups is 1. The number of aliphatic hydroxyl groups is 2. The van der Waals surface area contributed by atoms with E-state index in [0.29, 0.717) is 56.3 Å². The first-order valence-corrected chi connectivity index (χ1v) is 22.4. The average molecular weight is 820 g/mol. The molecule has 1 aliphatic heterocycles. The second-order valence-electron chi connectivity index (χ2n) is 17.3. The molecule has 6 unspecified atom stereocenters. The number of hydrogen-bond donors (Lipinski definition) is 2. The van der Waals surface area contributed by atoms with E-state index in [9.17, 15) is 15.0 Å². The molecule has 2 heterocycles. The third-order valence-electron chi connectivity index (χ3n) is 13.3. The summed E-state index contributed by atoms with van der Waals surface area (Å²) in [7, 11) is 1.90. The number of aryl methyl sites for hydroxylation is 1. The number of likely N-dealkylation sites (N-methyl/N-ethyl adjacent to an activating group) is 1. The first-order chi connectivity index (χ1) is 29.3. The zero-order valence-electron chi connectivity index (χ0n) is 35.7. The Bertz CT molecular complexity index is 1940. The number of rotatable bonds is 21. The average Bonchev–Trinajstić information content (AvgIpc) is 3.79. The van der Waals surface area contributed by atoms with Crippen molar-refractivity contribution >= 4 is 11.6 Å². The lowest BCUT2D eigenvalue weighted by Crippen LogP contribution is -2.69. The monoisotopic (exact) mass is 819 g/mol. The number of benzene rings is 2. The van der Waals surface area contributed by atoms with E-state index in [0.717, 1.165) is 65.9 Å². The number of aromatic nitrogens is 1. The van der Waals surface area contributed by atoms with Crippen molar-refractivity contribution in [3.05, 3.63) is 114 Å². The molecule has 2 N–H and O–H groups in total. The molecule has 10 nitrogen and oxygen atoms in total. The predicted molar refractivity (Wildman–Crippen MR) is 233 cm³/mol. The molecule has 2 saturated carbocycles. The molecule has 2 aromatic carbocycles. The molecule has 3 aromatic rings. The number of allylic oxidation sites excluding steroid dienone is 1. The van der Waals surface area contributed by atoms with Crippen LogP contribution in [0.2, 0.25) is 0 Å². The quantitative estimate of drug-likeness (QED) is 0.0620. The topological polar surface area (TPSA) is 123 Å². The lowest BCUT2D eigenvalue weighted by atomic mass is 9.55. The summed E-state index contributed by atoms with van der Waals surface area (Å²) in [6.45, 7) is 7.15. The Labute approximate surface area is 356 Å². The van der Waals surface area contributed by atoms with Gasteiger partial charge in [0.05, 0.1) is 23.9 Å². The Hall–Kier alpha value is -4.51. The van der Waals surface area contributed by atoms with E-state index in [1.54, 1.807) is 6.08 Å². The summed E-state index contributed by atoms with van der Waals surface area (Å²) in [5, 5.41) is 24.8. The number of oxime groups is 1. The summed E-state index contributed by atoms with van der Waals surface area (Å²) in [4.78, 5) is 27.2. The zero-order chi connectivity index (χ0) is 41.9. The molecular formula is C50H65N3O7. The van der Waals surface area contributed by atoms with Gasteiger partial charge in [0.15, 0.2) is 0 Å². The van der Waals surface area contributed by atoms with E-state index >= 15 is 0 Å². The number of unbranched alkanes of at least 4 members (excludes halogenated alkanes) is 2. The summed E-state index contributed by atoms with van der Waals surface area (Å²) >= 11 is 0. The summed E-state index contributed by atoms with van der Waals surface area (Å²) < 4.78 is 20.9. The molecule has 1 aromatic heterocycles. The molecular weight excluding hydrogens is 755 g/mol. The Balaban J connectivity index is 1.36. The summed E-state index contributed by atoms with van der Waals surface area (Å²) in [5.74, 6) is 0.581. The first kappa shape index (κ1) is 43.6. The summed E-state index contributed by atoms with van der Waals surface area (Å²) in [6.07, 6.45) is 15.6. The molecule has 322 valence electrons. The Morgan fingerprint density at radius 3 is 2.52 bits per heavy atom. The van der Waals surface area contributed by atoms with Gasteiger partial charge in [-0.3, -0.25) is 9.78 Å². The van der Waals surface area contributed by atoms with Crippen LogP contribution in [-0.4, -0.2) is 70.4 Å². The molecule has 6 atom stereocenters. The number of ether oxygens (including phenoxy) is 3. The van der Waals surface area contributed by atoms with Gasteiger partial charge in [0.2, 0.25) is 11.7 Å². The van der Waals surface area contributed by atoms with Gasteiger partial charge < -0.3 is 34.2 Å². The fraction of sp³-hybridized carbons (Fsp3) is 0.540. The molecule has 1 amide bonds. The minimum atomic E-state index is -1.27. The standard InChI is InChI=1S/C50H65N3O7/c1-4-29-58-50-46(53(3)47(56)26-23-36-16-8-9-17-36)32-44(52-59-33-37-18-6-5-7-19-37)42-30-38(20-10-12-27-54)41(22-11-13-28-55)48(49(42)50)43-31-40(24-25-45(43)60-50)57-34-39-21-14-15-35(2)51-39/h4-7,14-15,18-19,21,24-25,30-31,36,38,41,46,48-49,54-55H,1,8-13,16-17,20,22-23,26-29,32-34H2,2-3H3. The van der Waals surface area contributed by atoms with Gasteiger partial charge in [-0.15, -0.1) is 6.58 Å². The van der Waals surface area contributed by atoms with Crippen molar-refractivity contribution in [3.8, 4) is 11.5 Å². The van der Waals surface area contributed by atoms with Crippen molar-refractivity contribution in [2.75, 3.05) is 26.9 Å². The van der Waals surface area contributed by atoms with Crippen LogP contribution < -0.4 is 9.47 Å². The zero-order valence-corrected chi connectivity index (χ0v) is 35.7. The molecule has 0 bridgehead atoms. The molecule has 0 radical (unpaired) electrons. The number of amides is 1. The van der Waals surface area contributed by atoms with E-state index < -0.39 is 11.8 Å². The van der Waals surface area contributed by atoms with E-state index in [1.165, 1.54) is 25.7 Å². The van der Waals surface area contributed by atoms with Crippen LogP contribution in [0.5, 0.6) is 11.5 Å². The van der Waals surface area contributed by atoms with E-state index in [1.807, 2.05) is 79.5 Å². The number of fused-ring (bicyclic) bond motifs is 2. The molecule has 2 fully saturated rings. The van der Waals surface area contributed by atoms with Gasteiger partial charge in [-0.05, 0) is 98.2 Å². The summed E-state index contributed by atoms with van der Waals surface area (Å²) in [6, 6.07) is 21.5. The smallest absolute Gasteiger partial charge is 0.239 e.